The molecule has 17 heavy (non-hydrogen) atoms. The maximum absolute atomic E-state index is 10.0. The van der Waals surface area contributed by atoms with Crippen molar-refractivity contribution in [2.24, 2.45) is 4.99 Å². The lowest BCUT2D eigenvalue weighted by Gasteiger charge is -2.27. The van der Waals surface area contributed by atoms with Gasteiger partial charge in [-0.3, -0.25) is 4.90 Å². The van der Waals surface area contributed by atoms with Crippen LogP contribution in [-0.4, -0.2) is 37.2 Å². The molecule has 1 N–H and O–H groups in total. The van der Waals surface area contributed by atoms with E-state index in [1.54, 1.807) is 6.08 Å². The van der Waals surface area contributed by atoms with Gasteiger partial charge < -0.3 is 5.32 Å². The van der Waals surface area contributed by atoms with Crippen molar-refractivity contribution in [3.63, 3.8) is 0 Å². The van der Waals surface area contributed by atoms with E-state index in [4.69, 9.17) is 0 Å². The Morgan fingerprint density at radius 2 is 1.82 bits per heavy atom. The first kappa shape index (κ1) is 12.0. The summed E-state index contributed by atoms with van der Waals surface area (Å²) < 4.78 is 0. The van der Waals surface area contributed by atoms with Crippen molar-refractivity contribution < 1.29 is 4.79 Å². The molecule has 1 aromatic rings. The van der Waals surface area contributed by atoms with Crippen LogP contribution in [0, 0.1) is 0 Å². The second-order valence-electron chi connectivity index (χ2n) is 4.25. The number of hydrogen-bond donors (Lipinski definition) is 1. The van der Waals surface area contributed by atoms with Crippen LogP contribution >= 0.6 is 0 Å². The highest BCUT2D eigenvalue weighted by atomic mass is 16.1. The molecular formula is C13H17N3O. The van der Waals surface area contributed by atoms with Gasteiger partial charge in [0.2, 0.25) is 6.08 Å². The summed E-state index contributed by atoms with van der Waals surface area (Å²) in [6.07, 6.45) is 1.56. The Hall–Kier alpha value is -1.48. The molecule has 0 amide bonds. The highest BCUT2D eigenvalue weighted by molar-refractivity contribution is 5.34. The predicted octanol–water partition coefficient (Wildman–Crippen LogP) is 0.928. The number of nitrogens with one attached hydrogen (secondary N) is 1. The van der Waals surface area contributed by atoms with E-state index in [0.717, 1.165) is 38.3 Å². The summed E-state index contributed by atoms with van der Waals surface area (Å²) in [5, 5.41) is 3.34. The molecule has 0 radical (unpaired) electrons. The SMILES string of the molecule is O=C=NCc1ccc(CN2CCNCC2)cc1. The van der Waals surface area contributed by atoms with Gasteiger partial charge in [-0.2, -0.15) is 0 Å². The Kier molecular flexibility index (Phi) is 4.45. The number of isocyanates is 1. The zero-order valence-corrected chi connectivity index (χ0v) is 9.85. The van der Waals surface area contributed by atoms with Crippen molar-refractivity contribution in [1.82, 2.24) is 10.2 Å². The fourth-order valence-corrected chi connectivity index (χ4v) is 2.00. The Morgan fingerprint density at radius 1 is 1.18 bits per heavy atom. The molecule has 0 atom stereocenters. The van der Waals surface area contributed by atoms with Crippen molar-refractivity contribution in [3.8, 4) is 0 Å². The lowest BCUT2D eigenvalue weighted by molar-refractivity contribution is 0.233. The number of rotatable bonds is 4. The summed E-state index contributed by atoms with van der Waals surface area (Å²) in [4.78, 5) is 16.0. The molecular weight excluding hydrogens is 214 g/mol. The van der Waals surface area contributed by atoms with Crippen LogP contribution in [0.2, 0.25) is 0 Å². The van der Waals surface area contributed by atoms with E-state index >= 15 is 0 Å². The molecule has 90 valence electrons. The third kappa shape index (κ3) is 3.79. The van der Waals surface area contributed by atoms with Gasteiger partial charge in [-0.25, -0.2) is 9.79 Å². The number of piperazine rings is 1. The molecule has 0 spiro atoms. The number of aliphatic imine (C=N–C) groups is 1. The van der Waals surface area contributed by atoms with Gasteiger partial charge in [0.25, 0.3) is 0 Å². The molecule has 1 fully saturated rings. The molecule has 1 aliphatic heterocycles. The number of benzene rings is 1. The van der Waals surface area contributed by atoms with E-state index in [1.165, 1.54) is 5.56 Å². The van der Waals surface area contributed by atoms with Crippen molar-refractivity contribution >= 4 is 6.08 Å². The lowest BCUT2D eigenvalue weighted by Crippen LogP contribution is -2.42. The van der Waals surface area contributed by atoms with Crippen molar-refractivity contribution in [3.05, 3.63) is 35.4 Å². The number of hydrogen-bond acceptors (Lipinski definition) is 4. The van der Waals surface area contributed by atoms with Crippen LogP contribution in [0.4, 0.5) is 0 Å². The summed E-state index contributed by atoms with van der Waals surface area (Å²) in [6, 6.07) is 8.27. The minimum atomic E-state index is 0.428. The van der Waals surface area contributed by atoms with E-state index in [2.05, 4.69) is 27.3 Å². The van der Waals surface area contributed by atoms with E-state index in [0.29, 0.717) is 6.54 Å². The molecule has 0 aromatic heterocycles. The van der Waals surface area contributed by atoms with Gasteiger partial charge in [-0.05, 0) is 11.1 Å². The standard InChI is InChI=1S/C13H17N3O/c17-11-15-9-12-1-3-13(4-2-12)10-16-7-5-14-6-8-16/h1-4,14H,5-10H2. The van der Waals surface area contributed by atoms with E-state index in [9.17, 15) is 4.79 Å². The Bertz CT molecular complexity index is 390. The van der Waals surface area contributed by atoms with Crippen LogP contribution in [0.3, 0.4) is 0 Å². The lowest BCUT2D eigenvalue weighted by atomic mass is 10.1. The van der Waals surface area contributed by atoms with Crippen LogP contribution in [0.15, 0.2) is 29.3 Å². The normalized spacial score (nSPS) is 16.5. The maximum atomic E-state index is 10.0. The topological polar surface area (TPSA) is 44.7 Å². The van der Waals surface area contributed by atoms with Gasteiger partial charge in [0, 0.05) is 32.7 Å². The zero-order chi connectivity index (χ0) is 11.9. The predicted molar refractivity (Wildman–Crippen MR) is 66.4 cm³/mol. The fourth-order valence-electron chi connectivity index (χ4n) is 2.00. The first-order valence-electron chi connectivity index (χ1n) is 5.93. The third-order valence-corrected chi connectivity index (χ3v) is 2.96. The summed E-state index contributed by atoms with van der Waals surface area (Å²) >= 11 is 0. The Morgan fingerprint density at radius 3 is 2.47 bits per heavy atom. The second-order valence-corrected chi connectivity index (χ2v) is 4.25. The number of nitrogens with zero attached hydrogens (tertiary/aromatic N) is 2. The summed E-state index contributed by atoms with van der Waals surface area (Å²) in [5.41, 5.74) is 2.36. The number of carbonyl (C=O) groups excluding carboxylic acids is 1. The molecule has 0 saturated carbocycles. The highest BCUT2D eigenvalue weighted by Crippen LogP contribution is 2.08. The summed E-state index contributed by atoms with van der Waals surface area (Å²) in [5.74, 6) is 0. The minimum absolute atomic E-state index is 0.428. The van der Waals surface area contributed by atoms with Crippen LogP contribution in [0.5, 0.6) is 0 Å². The average Bonchev–Trinajstić information content (AvgIpc) is 2.39. The highest BCUT2D eigenvalue weighted by Gasteiger charge is 2.09. The largest absolute Gasteiger partial charge is 0.314 e. The molecule has 0 bridgehead atoms. The first-order chi connectivity index (χ1) is 8.38. The van der Waals surface area contributed by atoms with E-state index in [1.807, 2.05) is 12.1 Å². The van der Waals surface area contributed by atoms with Crippen molar-refractivity contribution in [2.75, 3.05) is 26.2 Å². The molecule has 1 aliphatic rings. The van der Waals surface area contributed by atoms with Crippen LogP contribution in [0.1, 0.15) is 11.1 Å². The zero-order valence-electron chi connectivity index (χ0n) is 9.85. The molecule has 2 rings (SSSR count). The third-order valence-electron chi connectivity index (χ3n) is 2.96. The van der Waals surface area contributed by atoms with Crippen LogP contribution in [0.25, 0.3) is 0 Å². The molecule has 0 unspecified atom stereocenters. The molecule has 1 saturated heterocycles. The minimum Gasteiger partial charge on any atom is -0.314 e. The summed E-state index contributed by atoms with van der Waals surface area (Å²) in [7, 11) is 0. The van der Waals surface area contributed by atoms with Gasteiger partial charge in [0.05, 0.1) is 6.54 Å². The smallest absolute Gasteiger partial charge is 0.235 e. The second kappa shape index (κ2) is 6.30. The summed E-state index contributed by atoms with van der Waals surface area (Å²) in [6.45, 7) is 5.79. The van der Waals surface area contributed by atoms with Gasteiger partial charge in [-0.1, -0.05) is 24.3 Å². The molecule has 1 aromatic carbocycles. The maximum Gasteiger partial charge on any atom is 0.235 e. The van der Waals surface area contributed by atoms with Gasteiger partial charge in [0.15, 0.2) is 0 Å². The molecule has 1 heterocycles. The molecule has 0 aliphatic carbocycles. The first-order valence-corrected chi connectivity index (χ1v) is 5.93. The van der Waals surface area contributed by atoms with Crippen molar-refractivity contribution in [2.45, 2.75) is 13.1 Å². The molecule has 4 heteroatoms. The molecule has 4 nitrogen and oxygen atoms in total. The van der Waals surface area contributed by atoms with Crippen LogP contribution < -0.4 is 5.32 Å². The Labute approximate surface area is 101 Å². The van der Waals surface area contributed by atoms with Crippen molar-refractivity contribution in [1.29, 1.82) is 0 Å². The Balaban J connectivity index is 1.90. The monoisotopic (exact) mass is 231 g/mol. The van der Waals surface area contributed by atoms with Crippen LogP contribution in [-0.2, 0) is 17.9 Å². The van der Waals surface area contributed by atoms with E-state index in [-0.39, 0.29) is 0 Å². The fraction of sp³-hybridized carbons (Fsp3) is 0.462. The average molecular weight is 231 g/mol. The van der Waals surface area contributed by atoms with Gasteiger partial charge >= 0.3 is 0 Å². The van der Waals surface area contributed by atoms with E-state index < -0.39 is 0 Å². The van der Waals surface area contributed by atoms with Gasteiger partial charge in [0.1, 0.15) is 0 Å². The van der Waals surface area contributed by atoms with Gasteiger partial charge in [-0.15, -0.1) is 0 Å². The quantitative estimate of drug-likeness (QED) is 0.619.